The van der Waals surface area contributed by atoms with Crippen LogP contribution in [0.4, 0.5) is 11.4 Å². The van der Waals surface area contributed by atoms with E-state index in [1.165, 1.54) is 4.90 Å². The molecule has 0 atom stereocenters. The van der Waals surface area contributed by atoms with Gasteiger partial charge in [-0.15, -0.1) is 0 Å². The average molecular weight is 366 g/mol. The maximum Gasteiger partial charge on any atom is 0.253 e. The Kier molecular flexibility index (Phi) is 6.06. The molecule has 0 aliphatic carbocycles. The van der Waals surface area contributed by atoms with Gasteiger partial charge in [0.05, 0.1) is 16.6 Å². The van der Waals surface area contributed by atoms with Gasteiger partial charge in [0.1, 0.15) is 0 Å². The van der Waals surface area contributed by atoms with E-state index in [1.807, 2.05) is 0 Å². The van der Waals surface area contributed by atoms with Crippen LogP contribution in [0.5, 0.6) is 0 Å². The highest BCUT2D eigenvalue weighted by atomic mass is 35.5. The quantitative estimate of drug-likeness (QED) is 0.847. The number of carbonyl (C=O) groups is 2. The van der Waals surface area contributed by atoms with Crippen LogP contribution < -0.4 is 10.6 Å². The van der Waals surface area contributed by atoms with E-state index >= 15 is 0 Å². The fourth-order valence-corrected chi connectivity index (χ4v) is 2.28. The topological polar surface area (TPSA) is 61.4 Å². The van der Waals surface area contributed by atoms with Crippen molar-refractivity contribution in [3.8, 4) is 0 Å². The molecule has 0 aliphatic rings. The Hall–Kier alpha value is -2.24. The van der Waals surface area contributed by atoms with Crippen molar-refractivity contribution < 1.29 is 9.59 Å². The Bertz CT molecular complexity index is 763. The molecule has 0 heterocycles. The van der Waals surface area contributed by atoms with Crippen LogP contribution in [0.25, 0.3) is 0 Å². The SMILES string of the molecule is CN(C)C(=O)c1cccc(NC(=O)CNc2ccc(Cl)c(Cl)c2)c1. The molecule has 24 heavy (non-hydrogen) atoms. The monoisotopic (exact) mass is 365 g/mol. The van der Waals surface area contributed by atoms with E-state index in [0.717, 1.165) is 0 Å². The Balaban J connectivity index is 1.96. The summed E-state index contributed by atoms with van der Waals surface area (Å²) in [4.78, 5) is 25.4. The lowest BCUT2D eigenvalue weighted by molar-refractivity contribution is -0.114. The second-order valence-corrected chi connectivity index (χ2v) is 6.13. The van der Waals surface area contributed by atoms with Gasteiger partial charge in [-0.3, -0.25) is 9.59 Å². The molecule has 2 amide bonds. The van der Waals surface area contributed by atoms with Gasteiger partial charge in [-0.25, -0.2) is 0 Å². The standard InChI is InChI=1S/C17H17Cl2N3O2/c1-22(2)17(24)11-4-3-5-13(8-11)21-16(23)10-20-12-6-7-14(18)15(19)9-12/h3-9,20H,10H2,1-2H3,(H,21,23). The van der Waals surface area contributed by atoms with Crippen LogP contribution in [0.2, 0.25) is 10.0 Å². The molecule has 0 unspecified atom stereocenters. The van der Waals surface area contributed by atoms with Crippen LogP contribution in [0, 0.1) is 0 Å². The summed E-state index contributed by atoms with van der Waals surface area (Å²) in [5.41, 5.74) is 1.76. The Morgan fingerprint density at radius 1 is 1.00 bits per heavy atom. The molecule has 2 N–H and O–H groups in total. The smallest absolute Gasteiger partial charge is 0.253 e. The zero-order chi connectivity index (χ0) is 17.7. The third-order valence-corrected chi connectivity index (χ3v) is 3.91. The fraction of sp³-hybridized carbons (Fsp3) is 0.176. The number of hydrogen-bond acceptors (Lipinski definition) is 3. The molecule has 0 bridgehead atoms. The van der Waals surface area contributed by atoms with Gasteiger partial charge in [0.25, 0.3) is 5.91 Å². The van der Waals surface area contributed by atoms with Gasteiger partial charge < -0.3 is 15.5 Å². The van der Waals surface area contributed by atoms with Crippen molar-refractivity contribution in [1.82, 2.24) is 4.90 Å². The summed E-state index contributed by atoms with van der Waals surface area (Å²) < 4.78 is 0. The number of nitrogens with one attached hydrogen (secondary N) is 2. The summed E-state index contributed by atoms with van der Waals surface area (Å²) in [6.07, 6.45) is 0. The Morgan fingerprint density at radius 2 is 1.75 bits per heavy atom. The third-order valence-electron chi connectivity index (χ3n) is 3.17. The number of halogens is 2. The van der Waals surface area contributed by atoms with Crippen LogP contribution in [0.3, 0.4) is 0 Å². The van der Waals surface area contributed by atoms with Crippen LogP contribution in [-0.2, 0) is 4.79 Å². The van der Waals surface area contributed by atoms with E-state index in [2.05, 4.69) is 10.6 Å². The molecule has 0 fully saturated rings. The van der Waals surface area contributed by atoms with E-state index in [1.54, 1.807) is 56.6 Å². The van der Waals surface area contributed by atoms with E-state index in [4.69, 9.17) is 23.2 Å². The molecule has 0 saturated heterocycles. The summed E-state index contributed by atoms with van der Waals surface area (Å²) in [6, 6.07) is 11.8. The summed E-state index contributed by atoms with van der Waals surface area (Å²) in [7, 11) is 3.35. The minimum Gasteiger partial charge on any atom is -0.376 e. The average Bonchev–Trinajstić information content (AvgIpc) is 2.55. The first-order valence-electron chi connectivity index (χ1n) is 7.17. The number of carbonyl (C=O) groups excluding carboxylic acids is 2. The predicted octanol–water partition coefficient (Wildman–Crippen LogP) is 3.75. The molecule has 2 aromatic carbocycles. The van der Waals surface area contributed by atoms with Crippen molar-refractivity contribution >= 4 is 46.4 Å². The van der Waals surface area contributed by atoms with E-state index in [-0.39, 0.29) is 18.4 Å². The van der Waals surface area contributed by atoms with Crippen molar-refractivity contribution in [1.29, 1.82) is 0 Å². The van der Waals surface area contributed by atoms with E-state index in [9.17, 15) is 9.59 Å². The number of anilines is 2. The molecule has 0 saturated carbocycles. The molecule has 7 heteroatoms. The first-order chi connectivity index (χ1) is 11.4. The summed E-state index contributed by atoms with van der Waals surface area (Å²) in [6.45, 7) is 0.0593. The molecule has 5 nitrogen and oxygen atoms in total. The van der Waals surface area contributed by atoms with Crippen LogP contribution in [0.15, 0.2) is 42.5 Å². The largest absolute Gasteiger partial charge is 0.376 e. The minimum absolute atomic E-state index is 0.0593. The second-order valence-electron chi connectivity index (χ2n) is 5.31. The molecule has 126 valence electrons. The molecule has 2 rings (SSSR count). The van der Waals surface area contributed by atoms with Crippen molar-refractivity contribution in [2.75, 3.05) is 31.3 Å². The molecular weight excluding hydrogens is 349 g/mol. The van der Waals surface area contributed by atoms with Gasteiger partial charge in [-0.2, -0.15) is 0 Å². The van der Waals surface area contributed by atoms with Gasteiger partial charge >= 0.3 is 0 Å². The van der Waals surface area contributed by atoms with Crippen molar-refractivity contribution in [3.63, 3.8) is 0 Å². The predicted molar refractivity (Wildman–Crippen MR) is 98.0 cm³/mol. The summed E-state index contributed by atoms with van der Waals surface area (Å²) in [5, 5.41) is 6.57. The lowest BCUT2D eigenvalue weighted by atomic mass is 10.2. The first kappa shape index (κ1) is 18.1. The number of hydrogen-bond donors (Lipinski definition) is 2. The lowest BCUT2D eigenvalue weighted by Crippen LogP contribution is -2.23. The van der Waals surface area contributed by atoms with E-state index in [0.29, 0.717) is 27.0 Å². The van der Waals surface area contributed by atoms with Crippen LogP contribution >= 0.6 is 23.2 Å². The number of nitrogens with zero attached hydrogens (tertiary/aromatic N) is 1. The van der Waals surface area contributed by atoms with Gasteiger partial charge in [-0.05, 0) is 36.4 Å². The summed E-state index contributed by atoms with van der Waals surface area (Å²) in [5.74, 6) is -0.365. The van der Waals surface area contributed by atoms with Gasteiger partial charge in [-0.1, -0.05) is 29.3 Å². The normalized spacial score (nSPS) is 10.2. The second kappa shape index (κ2) is 8.04. The third kappa shape index (κ3) is 4.88. The minimum atomic E-state index is -0.240. The van der Waals surface area contributed by atoms with Gasteiger partial charge in [0, 0.05) is 31.0 Å². The van der Waals surface area contributed by atoms with E-state index < -0.39 is 0 Å². The fourth-order valence-electron chi connectivity index (χ4n) is 1.98. The zero-order valence-electron chi connectivity index (χ0n) is 13.3. The number of rotatable bonds is 5. The Labute approximate surface area is 150 Å². The Morgan fingerprint density at radius 3 is 2.42 bits per heavy atom. The van der Waals surface area contributed by atoms with Gasteiger partial charge in [0.2, 0.25) is 5.91 Å². The molecule has 0 aliphatic heterocycles. The van der Waals surface area contributed by atoms with Crippen molar-refractivity contribution in [2.45, 2.75) is 0 Å². The maximum atomic E-state index is 12.0. The highest BCUT2D eigenvalue weighted by Crippen LogP contribution is 2.24. The van der Waals surface area contributed by atoms with Crippen molar-refractivity contribution in [3.05, 3.63) is 58.1 Å². The lowest BCUT2D eigenvalue weighted by Gasteiger charge is -2.12. The first-order valence-corrected chi connectivity index (χ1v) is 7.93. The highest BCUT2D eigenvalue weighted by molar-refractivity contribution is 6.42. The highest BCUT2D eigenvalue weighted by Gasteiger charge is 2.09. The molecule has 0 spiro atoms. The number of benzene rings is 2. The maximum absolute atomic E-state index is 12.0. The van der Waals surface area contributed by atoms with Crippen LogP contribution in [0.1, 0.15) is 10.4 Å². The molecule has 2 aromatic rings. The van der Waals surface area contributed by atoms with Gasteiger partial charge in [0.15, 0.2) is 0 Å². The van der Waals surface area contributed by atoms with Crippen LogP contribution in [-0.4, -0.2) is 37.4 Å². The molecular formula is C17H17Cl2N3O2. The molecule has 0 aromatic heterocycles. The number of amides is 2. The molecule has 0 radical (unpaired) electrons. The summed E-state index contributed by atoms with van der Waals surface area (Å²) >= 11 is 11.8. The zero-order valence-corrected chi connectivity index (χ0v) is 14.8. The van der Waals surface area contributed by atoms with Crippen molar-refractivity contribution in [2.24, 2.45) is 0 Å².